The molecule has 2 N–H and O–H groups in total. The maximum Gasteiger partial charge on any atom is 0.355 e. The van der Waals surface area contributed by atoms with Gasteiger partial charge in [0.2, 0.25) is 0 Å². The number of thioether (sulfide) groups is 1. The summed E-state index contributed by atoms with van der Waals surface area (Å²) in [6.45, 7) is 0.754. The molecule has 3 aromatic heterocycles. The van der Waals surface area contributed by atoms with Crippen LogP contribution >= 0.6 is 46.3 Å². The van der Waals surface area contributed by atoms with Crippen LogP contribution in [0.3, 0.4) is 0 Å². The number of carbonyl (C=O) groups is 3. The number of amides is 2. The average Bonchev–Trinajstić information content (AvgIpc) is 0.984. The van der Waals surface area contributed by atoms with Crippen LogP contribution in [0.5, 0.6) is 17.2 Å². The lowest BCUT2D eigenvalue weighted by Gasteiger charge is -2.49. The molecule has 2 atom stereocenters. The van der Waals surface area contributed by atoms with Gasteiger partial charge >= 0.3 is 5.97 Å². The maximum atomic E-state index is 15.1. The van der Waals surface area contributed by atoms with Crippen molar-refractivity contribution in [2.45, 2.75) is 36.7 Å². The largest absolute Gasteiger partial charge is 1.00 e. The molecule has 2 aliphatic rings. The zero-order valence-corrected chi connectivity index (χ0v) is 53.4. The van der Waals surface area contributed by atoms with Gasteiger partial charge in [0.1, 0.15) is 66.2 Å². The van der Waals surface area contributed by atoms with Gasteiger partial charge in [-0.25, -0.2) is 18.7 Å². The Labute approximate surface area is 544 Å². The van der Waals surface area contributed by atoms with Crippen molar-refractivity contribution in [1.82, 2.24) is 19.6 Å². The van der Waals surface area contributed by atoms with E-state index in [4.69, 9.17) is 70.9 Å². The lowest BCUT2D eigenvalue weighted by atomic mass is 9.77. The van der Waals surface area contributed by atoms with Gasteiger partial charge < -0.3 is 77.3 Å². The molecule has 1 fully saturated rings. The lowest BCUT2D eigenvalue weighted by Crippen LogP contribution is -3.00. The number of methoxy groups -OCH3 is 3. The number of oxime groups is 1. The van der Waals surface area contributed by atoms with Crippen molar-refractivity contribution in [3.05, 3.63) is 230 Å². The molecule has 88 heavy (non-hydrogen) atoms. The Morgan fingerprint density at radius 3 is 2.07 bits per heavy atom. The van der Waals surface area contributed by atoms with Gasteiger partial charge in [0, 0.05) is 37.0 Å². The van der Waals surface area contributed by atoms with Gasteiger partial charge in [0.15, 0.2) is 35.9 Å². The molecule has 0 aliphatic carbocycles. The van der Waals surface area contributed by atoms with Gasteiger partial charge in [-0.15, -0.1) is 23.1 Å². The zero-order valence-electron chi connectivity index (χ0n) is 48.1. The van der Waals surface area contributed by atoms with Crippen LogP contribution < -0.4 is 53.4 Å². The van der Waals surface area contributed by atoms with E-state index in [2.05, 4.69) is 20.4 Å². The SMILES string of the molecule is COCCOCOc1c(Cl)cc(CON=C(C(=O)NC2C(=O)N3C(C(=O)OCc4ccc(OC)cc4)=C(C=CC[n+]4ccn5ccccc54)CSC23)c2csc(NC(c3ccccc3)(c3ccccc3)c3ccccc3)n2)c(Cl)c1OCOCCOC.[I-]. The Morgan fingerprint density at radius 2 is 1.43 bits per heavy atom. The number of anilines is 1. The highest BCUT2D eigenvalue weighted by Gasteiger charge is 2.54. The van der Waals surface area contributed by atoms with Crippen LogP contribution in [0.1, 0.15) is 33.5 Å². The number of benzene rings is 5. The summed E-state index contributed by atoms with van der Waals surface area (Å²) < 4.78 is 48.4. The molecule has 458 valence electrons. The number of nitrogens with zero attached hydrogens (tertiary/aromatic N) is 5. The summed E-state index contributed by atoms with van der Waals surface area (Å²) in [5.74, 6) is -0.960. The Kier molecular flexibility index (Phi) is 23.3. The monoisotopic (exact) mass is 1380 g/mol. The number of fused-ring (bicyclic) bond motifs is 2. The summed E-state index contributed by atoms with van der Waals surface area (Å²) in [6, 6.07) is 43.4. The first-order chi connectivity index (χ1) is 42.6. The van der Waals surface area contributed by atoms with Crippen molar-refractivity contribution < 1.29 is 85.7 Å². The molecule has 0 bridgehead atoms. The number of aromatic nitrogens is 3. The molecule has 0 radical (unpaired) electrons. The van der Waals surface area contributed by atoms with Crippen LogP contribution in [-0.4, -0.2) is 116 Å². The number of pyridine rings is 1. The predicted molar refractivity (Wildman–Crippen MR) is 331 cm³/mol. The first kappa shape index (κ1) is 64.9. The number of halogens is 3. The third-order valence-corrected chi connectivity index (χ3v) is 16.8. The molecule has 0 spiro atoms. The summed E-state index contributed by atoms with van der Waals surface area (Å²) in [4.78, 5) is 56.5. The van der Waals surface area contributed by atoms with E-state index in [1.807, 2.05) is 144 Å². The summed E-state index contributed by atoms with van der Waals surface area (Å²) in [7, 11) is 4.67. The molecular weight excluding hydrogens is 1320 g/mol. The van der Waals surface area contributed by atoms with Gasteiger partial charge in [-0.2, -0.15) is 0 Å². The highest BCUT2D eigenvalue weighted by atomic mass is 127. The third-order valence-electron chi connectivity index (χ3n) is 14.1. The number of nitrogens with one attached hydrogen (secondary N) is 2. The number of thiazole rings is 1. The number of imidazole rings is 1. The maximum absolute atomic E-state index is 15.1. The fourth-order valence-electron chi connectivity index (χ4n) is 9.78. The number of hydrogen-bond acceptors (Lipinski definition) is 17. The molecular formula is C64H62Cl2IN7O12S2. The summed E-state index contributed by atoms with van der Waals surface area (Å²) in [5, 5.41) is 12.7. The fourth-order valence-corrected chi connectivity index (χ4v) is 12.4. The summed E-state index contributed by atoms with van der Waals surface area (Å²) >= 11 is 16.5. The molecule has 2 aliphatic heterocycles. The van der Waals surface area contributed by atoms with Gasteiger partial charge in [0.05, 0.1) is 49.8 Å². The Bertz CT molecular complexity index is 3650. The zero-order chi connectivity index (χ0) is 60.5. The molecule has 19 nitrogen and oxygen atoms in total. The van der Waals surface area contributed by atoms with Gasteiger partial charge in [0.25, 0.3) is 17.5 Å². The molecule has 2 amide bonds. The van der Waals surface area contributed by atoms with Crippen molar-refractivity contribution in [2.24, 2.45) is 5.16 Å². The summed E-state index contributed by atoms with van der Waals surface area (Å²) in [6.07, 6.45) is 9.66. The van der Waals surface area contributed by atoms with Crippen molar-refractivity contribution in [3.63, 3.8) is 0 Å². The van der Waals surface area contributed by atoms with E-state index in [-0.39, 0.29) is 103 Å². The Morgan fingerprint density at radius 1 is 0.795 bits per heavy atom. The fraction of sp³-hybridized carbons (Fsp3) is 0.250. The second-order valence-electron chi connectivity index (χ2n) is 19.5. The second kappa shape index (κ2) is 31.6. The minimum atomic E-state index is -1.12. The molecule has 1 saturated heterocycles. The van der Waals surface area contributed by atoms with Crippen molar-refractivity contribution in [2.75, 3.05) is 72.4 Å². The molecule has 5 aromatic carbocycles. The van der Waals surface area contributed by atoms with Crippen LogP contribution in [0.15, 0.2) is 192 Å². The van der Waals surface area contributed by atoms with E-state index in [0.717, 1.165) is 22.3 Å². The van der Waals surface area contributed by atoms with E-state index in [1.54, 1.807) is 51.0 Å². The smallest absolute Gasteiger partial charge is 0.355 e. The quantitative estimate of drug-likeness (QED) is 0.00539. The number of hydrogen-bond donors (Lipinski definition) is 2. The Hall–Kier alpha value is -7.52. The van der Waals surface area contributed by atoms with Gasteiger partial charge in [-0.1, -0.05) is 144 Å². The van der Waals surface area contributed by atoms with E-state index in [9.17, 15) is 9.59 Å². The number of esters is 1. The van der Waals surface area contributed by atoms with Gasteiger partial charge in [-0.05, 0) is 58.2 Å². The van der Waals surface area contributed by atoms with E-state index >= 15 is 4.79 Å². The summed E-state index contributed by atoms with van der Waals surface area (Å²) in [5.41, 5.74) is 4.28. The number of β-lactam (4-membered cyclic amide) rings is 1. The van der Waals surface area contributed by atoms with Crippen molar-refractivity contribution in [1.29, 1.82) is 0 Å². The third kappa shape index (κ3) is 15.1. The predicted octanol–water partition coefficient (Wildman–Crippen LogP) is 6.98. The van der Waals surface area contributed by atoms with Crippen LogP contribution in [-0.2, 0) is 68.2 Å². The average molecular weight is 1380 g/mol. The number of ether oxygens (including phenoxy) is 8. The topological polar surface area (TPSA) is 195 Å². The van der Waals surface area contributed by atoms with Crippen LogP contribution in [0.25, 0.3) is 5.65 Å². The van der Waals surface area contributed by atoms with E-state index in [1.165, 1.54) is 34.1 Å². The molecule has 0 saturated carbocycles. The lowest BCUT2D eigenvalue weighted by molar-refractivity contribution is -0.660. The number of carbonyl (C=O) groups excluding carboxylic acids is 3. The highest BCUT2D eigenvalue weighted by molar-refractivity contribution is 8.00. The van der Waals surface area contributed by atoms with Crippen LogP contribution in [0.2, 0.25) is 10.0 Å². The number of rotatable bonds is 30. The normalized spacial score (nSPS) is 14.9. The number of allylic oxidation sites excluding steroid dienone is 2. The molecule has 5 heterocycles. The van der Waals surface area contributed by atoms with E-state index in [0.29, 0.717) is 53.1 Å². The minimum absolute atomic E-state index is 0. The molecule has 2 unspecified atom stereocenters. The van der Waals surface area contributed by atoms with Crippen LogP contribution in [0, 0.1) is 0 Å². The minimum Gasteiger partial charge on any atom is -1.00 e. The Balaban J connectivity index is 0.00000922. The highest BCUT2D eigenvalue weighted by Crippen LogP contribution is 2.45. The first-order valence-corrected chi connectivity index (χ1v) is 30.2. The van der Waals surface area contributed by atoms with E-state index < -0.39 is 34.7 Å². The van der Waals surface area contributed by atoms with Crippen molar-refractivity contribution in [3.8, 4) is 17.2 Å². The standard InChI is InChI=1S/C64H61Cl2N7O12S2.HI/c1-77-32-34-80-41-83-57-50(65)36-45(53(66)58(57)84-42-81-35-33-78-2)38-85-70-54(51-40-87-63(67-51)69-64(46-17-7-4-8-18-46,47-19-9-5-10-20-47)48-21-11-6-12-22-48)59(74)68-55-60(75)73-56(62(76)82-37-43-24-26-49(79-3)27-25-43)44(39-86-61(55)73)16-15-29-72-31-30-71-28-14-13-23-52(71)72;/h4-28,30-31,36,40,55,61H,29,32-35,37-39,41-42H2,1-3H3,(H-,67,68,69,74);1H. The molecule has 24 heteroatoms. The second-order valence-corrected chi connectivity index (χ2v) is 22.3. The molecule has 10 rings (SSSR count). The van der Waals surface area contributed by atoms with Crippen molar-refractivity contribution >= 4 is 80.6 Å². The van der Waals surface area contributed by atoms with Crippen LogP contribution in [0.4, 0.5) is 5.13 Å². The van der Waals surface area contributed by atoms with Gasteiger partial charge in [-0.3, -0.25) is 14.5 Å². The first-order valence-electron chi connectivity index (χ1n) is 27.5. The molecule has 8 aromatic rings.